The summed E-state index contributed by atoms with van der Waals surface area (Å²) in [6.07, 6.45) is 6.91. The lowest BCUT2D eigenvalue weighted by atomic mass is 10.0. The van der Waals surface area contributed by atoms with Crippen molar-refractivity contribution in [2.75, 3.05) is 13.1 Å². The van der Waals surface area contributed by atoms with Crippen LogP contribution < -0.4 is 5.73 Å². The number of hydrogen-bond acceptors (Lipinski definition) is 4. The normalized spacial score (nSPS) is 23.8. The second-order valence-corrected chi connectivity index (χ2v) is 6.13. The number of rotatable bonds is 4. The molecule has 1 aromatic heterocycles. The van der Waals surface area contributed by atoms with Crippen LogP contribution in [0.4, 0.5) is 0 Å². The Hall–Kier alpha value is -0.450. The van der Waals surface area contributed by atoms with E-state index < -0.39 is 0 Å². The highest BCUT2D eigenvalue weighted by atomic mass is 32.1. The summed E-state index contributed by atoms with van der Waals surface area (Å²) >= 11 is 1.85. The van der Waals surface area contributed by atoms with Gasteiger partial charge in [0.1, 0.15) is 5.01 Å². The van der Waals surface area contributed by atoms with E-state index in [1.54, 1.807) is 0 Å². The molecule has 2 N–H and O–H groups in total. The quantitative estimate of drug-likeness (QED) is 0.897. The van der Waals surface area contributed by atoms with Gasteiger partial charge in [-0.2, -0.15) is 0 Å². The molecule has 0 aliphatic carbocycles. The van der Waals surface area contributed by atoms with E-state index in [4.69, 9.17) is 5.73 Å². The first-order valence-electron chi connectivity index (χ1n) is 6.65. The molecular weight excluding hydrogens is 230 g/mol. The molecule has 1 aliphatic heterocycles. The third-order valence-electron chi connectivity index (χ3n) is 3.40. The van der Waals surface area contributed by atoms with Crippen LogP contribution >= 0.6 is 11.3 Å². The van der Waals surface area contributed by atoms with E-state index in [2.05, 4.69) is 23.7 Å². The van der Waals surface area contributed by atoms with Crippen LogP contribution in [-0.2, 0) is 6.42 Å². The molecule has 2 atom stereocenters. The molecule has 17 heavy (non-hydrogen) atoms. The Labute approximate surface area is 108 Å². The number of nitrogens with zero attached hydrogens (tertiary/aromatic N) is 2. The number of piperidine rings is 1. The van der Waals surface area contributed by atoms with Gasteiger partial charge in [-0.15, -0.1) is 11.3 Å². The molecule has 3 nitrogen and oxygen atoms in total. The van der Waals surface area contributed by atoms with Crippen LogP contribution in [0.2, 0.25) is 0 Å². The molecule has 0 bridgehead atoms. The molecule has 2 heterocycles. The summed E-state index contributed by atoms with van der Waals surface area (Å²) in [5.41, 5.74) is 5.83. The van der Waals surface area contributed by atoms with E-state index >= 15 is 0 Å². The van der Waals surface area contributed by atoms with Crippen LogP contribution in [-0.4, -0.2) is 29.0 Å². The lowest BCUT2D eigenvalue weighted by Gasteiger charge is -2.33. The minimum Gasteiger partial charge on any atom is -0.328 e. The molecule has 0 radical (unpaired) electrons. The summed E-state index contributed by atoms with van der Waals surface area (Å²) in [5.74, 6) is 0. The first-order chi connectivity index (χ1) is 8.20. The minimum atomic E-state index is 0.233. The Morgan fingerprint density at radius 1 is 1.59 bits per heavy atom. The Bertz CT molecular complexity index is 348. The van der Waals surface area contributed by atoms with Crippen molar-refractivity contribution in [3.63, 3.8) is 0 Å². The summed E-state index contributed by atoms with van der Waals surface area (Å²) in [5, 5.41) is 1.29. The predicted molar refractivity (Wildman–Crippen MR) is 73.3 cm³/mol. The Morgan fingerprint density at radius 3 is 3.12 bits per heavy atom. The monoisotopic (exact) mass is 253 g/mol. The molecule has 0 spiro atoms. The molecular formula is C13H23N3S. The van der Waals surface area contributed by atoms with E-state index in [9.17, 15) is 0 Å². The molecule has 0 amide bonds. The predicted octanol–water partition coefficient (Wildman–Crippen LogP) is 2.58. The first kappa shape index (κ1) is 13.0. The summed E-state index contributed by atoms with van der Waals surface area (Å²) in [6.45, 7) is 6.66. The average Bonchev–Trinajstić information content (AvgIpc) is 2.76. The van der Waals surface area contributed by atoms with Crippen molar-refractivity contribution in [3.05, 3.63) is 16.1 Å². The van der Waals surface area contributed by atoms with E-state index in [-0.39, 0.29) is 6.04 Å². The van der Waals surface area contributed by atoms with Crippen LogP contribution in [0, 0.1) is 0 Å². The summed E-state index contributed by atoms with van der Waals surface area (Å²) in [6, 6.07) is 0.789. The lowest BCUT2D eigenvalue weighted by Crippen LogP contribution is -2.32. The minimum absolute atomic E-state index is 0.233. The lowest BCUT2D eigenvalue weighted by molar-refractivity contribution is 0.157. The fourth-order valence-corrected chi connectivity index (χ4v) is 3.77. The van der Waals surface area contributed by atoms with Crippen molar-refractivity contribution in [1.29, 1.82) is 0 Å². The smallest absolute Gasteiger partial charge is 0.110 e. The molecule has 4 heteroatoms. The zero-order chi connectivity index (χ0) is 12.3. The van der Waals surface area contributed by atoms with Crippen LogP contribution in [0.15, 0.2) is 6.20 Å². The van der Waals surface area contributed by atoms with Crippen molar-refractivity contribution in [3.8, 4) is 0 Å². The van der Waals surface area contributed by atoms with Gasteiger partial charge in [0, 0.05) is 17.1 Å². The summed E-state index contributed by atoms with van der Waals surface area (Å²) in [7, 11) is 0. The van der Waals surface area contributed by atoms with Crippen molar-refractivity contribution in [2.24, 2.45) is 5.73 Å². The van der Waals surface area contributed by atoms with E-state index in [0.29, 0.717) is 6.04 Å². The van der Waals surface area contributed by atoms with Crippen LogP contribution in [0.25, 0.3) is 0 Å². The van der Waals surface area contributed by atoms with Gasteiger partial charge < -0.3 is 5.73 Å². The van der Waals surface area contributed by atoms with Crippen LogP contribution in [0.1, 0.15) is 49.0 Å². The highest BCUT2D eigenvalue weighted by molar-refractivity contribution is 7.11. The van der Waals surface area contributed by atoms with Crippen LogP contribution in [0.3, 0.4) is 0 Å². The van der Waals surface area contributed by atoms with Gasteiger partial charge in [0.05, 0.1) is 6.04 Å². The molecule has 2 rings (SSSR count). The van der Waals surface area contributed by atoms with Gasteiger partial charge in [-0.3, -0.25) is 4.90 Å². The fourth-order valence-electron chi connectivity index (χ4n) is 2.54. The second kappa shape index (κ2) is 5.94. The van der Waals surface area contributed by atoms with Gasteiger partial charge in [-0.1, -0.05) is 13.3 Å². The maximum Gasteiger partial charge on any atom is 0.110 e. The van der Waals surface area contributed by atoms with Crippen molar-refractivity contribution in [1.82, 2.24) is 9.88 Å². The second-order valence-electron chi connectivity index (χ2n) is 4.99. The maximum absolute atomic E-state index is 5.83. The van der Waals surface area contributed by atoms with Crippen LogP contribution in [0.5, 0.6) is 0 Å². The molecule has 1 saturated heterocycles. The van der Waals surface area contributed by atoms with Crippen molar-refractivity contribution >= 4 is 11.3 Å². The maximum atomic E-state index is 5.83. The molecule has 1 fully saturated rings. The Balaban J connectivity index is 2.07. The summed E-state index contributed by atoms with van der Waals surface area (Å²) in [4.78, 5) is 8.50. The molecule has 96 valence electrons. The molecule has 0 aromatic carbocycles. The van der Waals surface area contributed by atoms with Crippen molar-refractivity contribution in [2.45, 2.75) is 51.6 Å². The highest BCUT2D eigenvalue weighted by Crippen LogP contribution is 2.33. The number of likely N-dealkylation sites (tertiary alicyclic amines) is 1. The third-order valence-corrected chi connectivity index (χ3v) is 4.52. The largest absolute Gasteiger partial charge is 0.328 e. The van der Waals surface area contributed by atoms with Gasteiger partial charge in [-0.25, -0.2) is 4.98 Å². The average molecular weight is 253 g/mol. The highest BCUT2D eigenvalue weighted by Gasteiger charge is 2.25. The topological polar surface area (TPSA) is 42.2 Å². The Morgan fingerprint density at radius 2 is 2.41 bits per heavy atom. The fraction of sp³-hybridized carbons (Fsp3) is 0.769. The molecule has 2 unspecified atom stereocenters. The van der Waals surface area contributed by atoms with Gasteiger partial charge in [-0.05, 0) is 39.3 Å². The van der Waals surface area contributed by atoms with Gasteiger partial charge in [0.15, 0.2) is 0 Å². The third kappa shape index (κ3) is 3.27. The zero-order valence-corrected chi connectivity index (χ0v) is 11.7. The van der Waals surface area contributed by atoms with E-state index in [1.165, 1.54) is 35.7 Å². The molecule has 0 saturated carbocycles. The number of nitrogens with two attached hydrogens (primary N) is 1. The van der Waals surface area contributed by atoms with Gasteiger partial charge in [0.2, 0.25) is 0 Å². The number of hydrogen-bond donors (Lipinski definition) is 1. The summed E-state index contributed by atoms with van der Waals surface area (Å²) < 4.78 is 0. The van der Waals surface area contributed by atoms with E-state index in [1.807, 2.05) is 17.5 Å². The Kier molecular flexibility index (Phi) is 4.54. The SMILES string of the molecule is CCN1CCCCC1c1ncc(CC(C)N)s1. The zero-order valence-electron chi connectivity index (χ0n) is 10.9. The molecule has 1 aliphatic rings. The standard InChI is InChI=1S/C13H23N3S/c1-3-16-7-5-4-6-12(16)13-15-9-11(17-13)8-10(2)14/h9-10,12H,3-8,14H2,1-2H3. The van der Waals surface area contributed by atoms with Crippen molar-refractivity contribution < 1.29 is 0 Å². The van der Waals surface area contributed by atoms with E-state index in [0.717, 1.165) is 13.0 Å². The van der Waals surface area contributed by atoms with Gasteiger partial charge in [0.25, 0.3) is 0 Å². The molecule has 1 aromatic rings. The first-order valence-corrected chi connectivity index (χ1v) is 7.46. The number of thiazole rings is 1. The van der Waals surface area contributed by atoms with Gasteiger partial charge >= 0.3 is 0 Å². The number of aromatic nitrogens is 1.